The smallest absolute Gasteiger partial charge is 0.220 e. The van der Waals surface area contributed by atoms with E-state index in [4.69, 9.17) is 5.73 Å². The van der Waals surface area contributed by atoms with Crippen molar-refractivity contribution in [3.63, 3.8) is 0 Å². The molecule has 0 aliphatic carbocycles. The number of rotatable bonds is 7. The van der Waals surface area contributed by atoms with Gasteiger partial charge in [-0.25, -0.2) is 0 Å². The van der Waals surface area contributed by atoms with Gasteiger partial charge in [-0.1, -0.05) is 13.8 Å². The summed E-state index contributed by atoms with van der Waals surface area (Å²) >= 11 is 0. The lowest BCUT2D eigenvalue weighted by molar-refractivity contribution is -0.121. The highest BCUT2D eigenvalue weighted by Crippen LogP contribution is 2.15. The quantitative estimate of drug-likeness (QED) is 0.672. The van der Waals surface area contributed by atoms with Crippen LogP contribution >= 0.6 is 0 Å². The second-order valence-corrected chi connectivity index (χ2v) is 5.77. The minimum atomic E-state index is 0.139. The monoisotopic (exact) mass is 255 g/mol. The summed E-state index contributed by atoms with van der Waals surface area (Å²) in [6.07, 6.45) is 4.25. The fraction of sp³-hybridized carbons (Fsp3) is 0.929. The molecule has 0 spiro atoms. The van der Waals surface area contributed by atoms with E-state index >= 15 is 0 Å². The van der Waals surface area contributed by atoms with E-state index in [-0.39, 0.29) is 11.8 Å². The fourth-order valence-electron chi connectivity index (χ4n) is 2.29. The summed E-state index contributed by atoms with van der Waals surface area (Å²) in [5.41, 5.74) is 5.50. The number of nitrogens with one attached hydrogen (secondary N) is 1. The van der Waals surface area contributed by atoms with Crippen molar-refractivity contribution in [3.8, 4) is 0 Å². The minimum absolute atomic E-state index is 0.139. The van der Waals surface area contributed by atoms with E-state index in [0.29, 0.717) is 13.0 Å². The van der Waals surface area contributed by atoms with Crippen molar-refractivity contribution in [1.29, 1.82) is 0 Å². The molecule has 0 aromatic heterocycles. The van der Waals surface area contributed by atoms with Crippen LogP contribution in [-0.2, 0) is 4.79 Å². The van der Waals surface area contributed by atoms with E-state index in [1.165, 1.54) is 25.9 Å². The number of likely N-dealkylation sites (tertiary alicyclic amines) is 1. The molecule has 0 aromatic carbocycles. The normalized spacial score (nSPS) is 19.7. The van der Waals surface area contributed by atoms with Crippen molar-refractivity contribution in [2.45, 2.75) is 39.5 Å². The lowest BCUT2D eigenvalue weighted by Crippen LogP contribution is -2.35. The highest BCUT2D eigenvalue weighted by atomic mass is 16.1. The number of piperidine rings is 1. The third-order valence-electron chi connectivity index (χ3n) is 3.79. The number of amides is 1. The Kier molecular flexibility index (Phi) is 7.28. The van der Waals surface area contributed by atoms with Gasteiger partial charge in [-0.15, -0.1) is 0 Å². The number of nitrogens with zero attached hydrogens (tertiary/aromatic N) is 1. The average Bonchev–Trinajstić information content (AvgIpc) is 2.36. The largest absolute Gasteiger partial charge is 0.356 e. The maximum Gasteiger partial charge on any atom is 0.220 e. The Balaban J connectivity index is 1.99. The van der Waals surface area contributed by atoms with E-state index in [9.17, 15) is 4.79 Å². The number of hydrogen-bond donors (Lipinski definition) is 2. The zero-order chi connectivity index (χ0) is 13.4. The fourth-order valence-corrected chi connectivity index (χ4v) is 2.29. The summed E-state index contributed by atoms with van der Waals surface area (Å²) in [7, 11) is 0. The molecule has 0 radical (unpaired) electrons. The predicted octanol–water partition coefficient (Wildman–Crippen LogP) is 1.21. The van der Waals surface area contributed by atoms with Gasteiger partial charge >= 0.3 is 0 Å². The summed E-state index contributed by atoms with van der Waals surface area (Å²) in [5, 5.41) is 2.98. The highest BCUT2D eigenvalue weighted by Gasteiger charge is 2.14. The van der Waals surface area contributed by atoms with Gasteiger partial charge in [0.2, 0.25) is 5.91 Å². The molecule has 1 rings (SSSR count). The Bertz CT molecular complexity index is 237. The Hall–Kier alpha value is -0.610. The number of hydrogen-bond acceptors (Lipinski definition) is 3. The molecule has 1 aliphatic heterocycles. The summed E-state index contributed by atoms with van der Waals surface area (Å²) in [6.45, 7) is 9.27. The van der Waals surface area contributed by atoms with Gasteiger partial charge in [0.15, 0.2) is 0 Å². The number of nitrogens with two attached hydrogens (primary N) is 1. The van der Waals surface area contributed by atoms with Gasteiger partial charge in [-0.2, -0.15) is 0 Å². The topological polar surface area (TPSA) is 58.4 Å². The molecule has 4 nitrogen and oxygen atoms in total. The first-order valence-electron chi connectivity index (χ1n) is 7.31. The lowest BCUT2D eigenvalue weighted by atomic mass is 9.99. The van der Waals surface area contributed by atoms with Crippen molar-refractivity contribution in [3.05, 3.63) is 0 Å². The Morgan fingerprint density at radius 2 is 2.11 bits per heavy atom. The van der Waals surface area contributed by atoms with Crippen LogP contribution in [0.1, 0.15) is 39.5 Å². The molecule has 0 bridgehead atoms. The molecule has 4 heteroatoms. The SMILES string of the molecule is CC1CCN(CCCNC(=O)CC(C)CN)CC1. The van der Waals surface area contributed by atoms with Gasteiger partial charge in [0.25, 0.3) is 0 Å². The maximum atomic E-state index is 11.5. The van der Waals surface area contributed by atoms with Crippen LogP contribution in [0.25, 0.3) is 0 Å². The zero-order valence-corrected chi connectivity index (χ0v) is 12.0. The molecule has 0 saturated carbocycles. The Morgan fingerprint density at radius 3 is 2.72 bits per heavy atom. The van der Waals surface area contributed by atoms with Crippen molar-refractivity contribution in [2.24, 2.45) is 17.6 Å². The summed E-state index contributed by atoms with van der Waals surface area (Å²) < 4.78 is 0. The van der Waals surface area contributed by atoms with Crippen molar-refractivity contribution >= 4 is 5.91 Å². The van der Waals surface area contributed by atoms with Crippen LogP contribution in [0.15, 0.2) is 0 Å². The summed E-state index contributed by atoms with van der Waals surface area (Å²) in [5.74, 6) is 1.31. The third kappa shape index (κ3) is 6.36. The first kappa shape index (κ1) is 15.4. The van der Waals surface area contributed by atoms with Gasteiger partial charge in [0.1, 0.15) is 0 Å². The Morgan fingerprint density at radius 1 is 1.44 bits per heavy atom. The van der Waals surface area contributed by atoms with Gasteiger partial charge in [0, 0.05) is 13.0 Å². The third-order valence-corrected chi connectivity index (χ3v) is 3.79. The molecule has 3 N–H and O–H groups in total. The molecule has 18 heavy (non-hydrogen) atoms. The van der Waals surface area contributed by atoms with E-state index in [0.717, 1.165) is 25.4 Å². The molecule has 1 unspecified atom stereocenters. The zero-order valence-electron chi connectivity index (χ0n) is 12.0. The van der Waals surface area contributed by atoms with Crippen LogP contribution in [-0.4, -0.2) is 43.5 Å². The number of carbonyl (C=O) groups is 1. The summed E-state index contributed by atoms with van der Waals surface area (Å²) in [4.78, 5) is 14.0. The molecular weight excluding hydrogens is 226 g/mol. The van der Waals surface area contributed by atoms with E-state index in [1.54, 1.807) is 0 Å². The molecule has 1 amide bonds. The van der Waals surface area contributed by atoms with E-state index < -0.39 is 0 Å². The Labute approximate surface area is 111 Å². The lowest BCUT2D eigenvalue weighted by Gasteiger charge is -2.30. The van der Waals surface area contributed by atoms with Crippen LogP contribution in [0, 0.1) is 11.8 Å². The van der Waals surface area contributed by atoms with Crippen LogP contribution in [0.4, 0.5) is 0 Å². The molecule has 106 valence electrons. The van der Waals surface area contributed by atoms with Gasteiger partial charge in [-0.3, -0.25) is 4.79 Å². The number of carbonyl (C=O) groups excluding carboxylic acids is 1. The van der Waals surface area contributed by atoms with Crippen molar-refractivity contribution < 1.29 is 4.79 Å². The van der Waals surface area contributed by atoms with Crippen LogP contribution in [0.2, 0.25) is 0 Å². The standard InChI is InChI=1S/C14H29N3O/c1-12-4-8-17(9-5-12)7-3-6-16-14(18)10-13(2)11-15/h12-13H,3-11,15H2,1-2H3,(H,16,18). The highest BCUT2D eigenvalue weighted by molar-refractivity contribution is 5.76. The van der Waals surface area contributed by atoms with Crippen LogP contribution in [0.5, 0.6) is 0 Å². The second-order valence-electron chi connectivity index (χ2n) is 5.77. The molecule has 1 heterocycles. The molecular formula is C14H29N3O. The average molecular weight is 255 g/mol. The molecule has 1 saturated heterocycles. The van der Waals surface area contributed by atoms with Gasteiger partial charge in [-0.05, 0) is 57.3 Å². The van der Waals surface area contributed by atoms with Gasteiger partial charge < -0.3 is 16.0 Å². The minimum Gasteiger partial charge on any atom is -0.356 e. The van der Waals surface area contributed by atoms with Crippen LogP contribution < -0.4 is 11.1 Å². The molecule has 1 aliphatic rings. The maximum absolute atomic E-state index is 11.5. The predicted molar refractivity (Wildman–Crippen MR) is 75.3 cm³/mol. The van der Waals surface area contributed by atoms with Crippen molar-refractivity contribution in [1.82, 2.24) is 10.2 Å². The summed E-state index contributed by atoms with van der Waals surface area (Å²) in [6, 6.07) is 0. The molecule has 0 aromatic rings. The van der Waals surface area contributed by atoms with Crippen LogP contribution in [0.3, 0.4) is 0 Å². The molecule has 1 fully saturated rings. The van der Waals surface area contributed by atoms with E-state index in [2.05, 4.69) is 17.1 Å². The molecule has 1 atom stereocenters. The first-order chi connectivity index (χ1) is 8.61. The van der Waals surface area contributed by atoms with Crippen molar-refractivity contribution in [2.75, 3.05) is 32.7 Å². The van der Waals surface area contributed by atoms with Gasteiger partial charge in [0.05, 0.1) is 0 Å². The first-order valence-corrected chi connectivity index (χ1v) is 7.31. The second kappa shape index (κ2) is 8.48. The van der Waals surface area contributed by atoms with E-state index in [1.807, 2.05) is 6.92 Å².